The second-order valence-electron chi connectivity index (χ2n) is 5.02. The van der Waals surface area contributed by atoms with Crippen molar-refractivity contribution >= 4 is 0 Å². The molecule has 1 N–H and O–H groups in total. The van der Waals surface area contributed by atoms with Gasteiger partial charge in [-0.05, 0) is 36.7 Å². The van der Waals surface area contributed by atoms with Gasteiger partial charge in [0.2, 0.25) is 0 Å². The van der Waals surface area contributed by atoms with Crippen molar-refractivity contribution in [1.82, 2.24) is 4.90 Å². The van der Waals surface area contributed by atoms with Crippen LogP contribution < -0.4 is 0 Å². The molecule has 1 rings (SSSR count). The zero-order chi connectivity index (χ0) is 14.3. The van der Waals surface area contributed by atoms with Crippen molar-refractivity contribution in [3.63, 3.8) is 0 Å². The molecule has 0 amide bonds. The van der Waals surface area contributed by atoms with E-state index in [2.05, 4.69) is 30.6 Å². The van der Waals surface area contributed by atoms with Gasteiger partial charge in [0, 0.05) is 18.7 Å². The summed E-state index contributed by atoms with van der Waals surface area (Å²) in [5, 5.41) is 8.66. The standard InChI is InChI=1S/C16H22FNO/c1-4-13(2)11-18(3)12-15-8-14(6-5-7-19)9-16(17)10-15/h8-10,13,19H,4,7,11-12H2,1-3H3. The largest absolute Gasteiger partial charge is 0.384 e. The van der Waals surface area contributed by atoms with Crippen LogP contribution >= 0.6 is 0 Å². The summed E-state index contributed by atoms with van der Waals surface area (Å²) in [6, 6.07) is 4.80. The molecule has 1 atom stereocenters. The van der Waals surface area contributed by atoms with E-state index in [1.807, 2.05) is 13.1 Å². The summed E-state index contributed by atoms with van der Waals surface area (Å²) in [7, 11) is 2.04. The minimum atomic E-state index is -0.281. The maximum absolute atomic E-state index is 13.5. The van der Waals surface area contributed by atoms with Crippen molar-refractivity contribution in [2.75, 3.05) is 20.2 Å². The number of hydrogen-bond donors (Lipinski definition) is 1. The molecule has 0 bridgehead atoms. The molecule has 0 aliphatic carbocycles. The highest BCUT2D eigenvalue weighted by atomic mass is 19.1. The Morgan fingerprint density at radius 3 is 2.74 bits per heavy atom. The molecule has 0 fully saturated rings. The number of nitrogens with zero attached hydrogens (tertiary/aromatic N) is 1. The van der Waals surface area contributed by atoms with Gasteiger partial charge in [-0.2, -0.15) is 0 Å². The van der Waals surface area contributed by atoms with Gasteiger partial charge in [0.15, 0.2) is 0 Å². The molecule has 1 aromatic rings. The number of halogens is 1. The first-order valence-electron chi connectivity index (χ1n) is 6.62. The Balaban J connectivity index is 2.75. The van der Waals surface area contributed by atoms with Crippen LogP contribution in [0.1, 0.15) is 31.4 Å². The van der Waals surface area contributed by atoms with E-state index in [1.165, 1.54) is 12.1 Å². The van der Waals surface area contributed by atoms with Crippen LogP contribution in [0.3, 0.4) is 0 Å². The van der Waals surface area contributed by atoms with Crippen LogP contribution in [-0.2, 0) is 6.54 Å². The molecule has 0 saturated carbocycles. The van der Waals surface area contributed by atoms with Crippen molar-refractivity contribution in [3.05, 3.63) is 35.1 Å². The lowest BCUT2D eigenvalue weighted by Gasteiger charge is -2.20. The third-order valence-electron chi connectivity index (χ3n) is 3.04. The summed E-state index contributed by atoms with van der Waals surface area (Å²) >= 11 is 0. The van der Waals surface area contributed by atoms with Crippen LogP contribution in [0.15, 0.2) is 18.2 Å². The van der Waals surface area contributed by atoms with Gasteiger partial charge in [0.05, 0.1) is 0 Å². The zero-order valence-electron chi connectivity index (χ0n) is 11.9. The number of benzene rings is 1. The fourth-order valence-electron chi connectivity index (χ4n) is 1.99. The smallest absolute Gasteiger partial charge is 0.124 e. The molecule has 3 heteroatoms. The quantitative estimate of drug-likeness (QED) is 0.826. The first kappa shape index (κ1) is 15.7. The van der Waals surface area contributed by atoms with Gasteiger partial charge in [-0.15, -0.1) is 0 Å². The second-order valence-corrected chi connectivity index (χ2v) is 5.02. The lowest BCUT2D eigenvalue weighted by molar-refractivity contribution is 0.275. The van der Waals surface area contributed by atoms with Gasteiger partial charge in [0.1, 0.15) is 12.4 Å². The van der Waals surface area contributed by atoms with Crippen molar-refractivity contribution in [2.45, 2.75) is 26.8 Å². The molecule has 1 unspecified atom stereocenters. The third-order valence-corrected chi connectivity index (χ3v) is 3.04. The molecule has 0 aliphatic heterocycles. The fraction of sp³-hybridized carbons (Fsp3) is 0.500. The van der Waals surface area contributed by atoms with E-state index in [0.29, 0.717) is 18.0 Å². The van der Waals surface area contributed by atoms with Crippen LogP contribution in [0, 0.1) is 23.6 Å². The van der Waals surface area contributed by atoms with E-state index < -0.39 is 0 Å². The van der Waals surface area contributed by atoms with Gasteiger partial charge < -0.3 is 10.0 Å². The second kappa shape index (κ2) is 7.93. The Kier molecular flexibility index (Phi) is 6.55. The Bertz CT molecular complexity index is 462. The van der Waals surface area contributed by atoms with Gasteiger partial charge in [-0.1, -0.05) is 32.1 Å². The lowest BCUT2D eigenvalue weighted by Crippen LogP contribution is -2.23. The molecule has 0 heterocycles. The summed E-state index contributed by atoms with van der Waals surface area (Å²) < 4.78 is 13.5. The molecule has 0 aromatic heterocycles. The Morgan fingerprint density at radius 1 is 1.37 bits per heavy atom. The lowest BCUT2D eigenvalue weighted by atomic mass is 10.1. The average Bonchev–Trinajstić information content (AvgIpc) is 2.35. The van der Waals surface area contributed by atoms with Gasteiger partial charge in [-0.25, -0.2) is 4.39 Å². The number of aliphatic hydroxyl groups excluding tert-OH is 1. The Labute approximate surface area is 115 Å². The highest BCUT2D eigenvalue weighted by Gasteiger charge is 2.06. The van der Waals surface area contributed by atoms with Crippen LogP contribution in [0.5, 0.6) is 0 Å². The number of rotatable bonds is 5. The van der Waals surface area contributed by atoms with Crippen LogP contribution in [0.2, 0.25) is 0 Å². The fourth-order valence-corrected chi connectivity index (χ4v) is 1.99. The first-order valence-corrected chi connectivity index (χ1v) is 6.62. The molecule has 0 saturated heterocycles. The van der Waals surface area contributed by atoms with Crippen molar-refractivity contribution in [2.24, 2.45) is 5.92 Å². The highest BCUT2D eigenvalue weighted by Crippen LogP contribution is 2.12. The summed E-state index contributed by atoms with van der Waals surface area (Å²) in [5.74, 6) is 5.63. The summed E-state index contributed by atoms with van der Waals surface area (Å²) in [6.45, 7) is 5.86. The average molecular weight is 263 g/mol. The van der Waals surface area contributed by atoms with Gasteiger partial charge in [-0.3, -0.25) is 0 Å². The van der Waals surface area contributed by atoms with Crippen LogP contribution in [0.4, 0.5) is 4.39 Å². The number of hydrogen-bond acceptors (Lipinski definition) is 2. The van der Waals surface area contributed by atoms with Crippen molar-refractivity contribution in [3.8, 4) is 11.8 Å². The van der Waals surface area contributed by atoms with E-state index >= 15 is 0 Å². The molecular formula is C16H22FNO. The topological polar surface area (TPSA) is 23.5 Å². The molecule has 2 nitrogen and oxygen atoms in total. The number of aliphatic hydroxyl groups is 1. The predicted molar refractivity (Wildman–Crippen MR) is 76.2 cm³/mol. The maximum Gasteiger partial charge on any atom is 0.124 e. The minimum Gasteiger partial charge on any atom is -0.384 e. The summed E-state index contributed by atoms with van der Waals surface area (Å²) in [6.07, 6.45) is 1.14. The first-order chi connectivity index (χ1) is 9.05. The molecule has 104 valence electrons. The predicted octanol–water partition coefficient (Wildman–Crippen LogP) is 2.65. The molecule has 0 radical (unpaired) electrons. The Morgan fingerprint density at radius 2 is 2.11 bits per heavy atom. The van der Waals surface area contributed by atoms with Crippen LogP contribution in [0.25, 0.3) is 0 Å². The van der Waals surface area contributed by atoms with E-state index in [4.69, 9.17) is 5.11 Å². The van der Waals surface area contributed by atoms with Crippen molar-refractivity contribution in [1.29, 1.82) is 0 Å². The van der Waals surface area contributed by atoms with E-state index in [0.717, 1.165) is 18.5 Å². The van der Waals surface area contributed by atoms with Crippen molar-refractivity contribution < 1.29 is 9.50 Å². The third kappa shape index (κ3) is 5.87. The van der Waals surface area contributed by atoms with Gasteiger partial charge in [0.25, 0.3) is 0 Å². The highest BCUT2D eigenvalue weighted by molar-refractivity contribution is 5.37. The molecule has 1 aromatic carbocycles. The summed E-state index contributed by atoms with van der Waals surface area (Å²) in [5.41, 5.74) is 1.52. The molecular weight excluding hydrogens is 241 g/mol. The Hall–Kier alpha value is -1.37. The molecule has 0 aliphatic rings. The minimum absolute atomic E-state index is 0.209. The molecule has 19 heavy (non-hydrogen) atoms. The van der Waals surface area contributed by atoms with E-state index in [9.17, 15) is 4.39 Å². The maximum atomic E-state index is 13.5. The monoisotopic (exact) mass is 263 g/mol. The van der Waals surface area contributed by atoms with E-state index in [-0.39, 0.29) is 12.4 Å². The van der Waals surface area contributed by atoms with E-state index in [1.54, 1.807) is 0 Å². The van der Waals surface area contributed by atoms with Gasteiger partial charge >= 0.3 is 0 Å². The van der Waals surface area contributed by atoms with Crippen LogP contribution in [-0.4, -0.2) is 30.2 Å². The zero-order valence-corrected chi connectivity index (χ0v) is 11.9. The summed E-state index contributed by atoms with van der Waals surface area (Å²) in [4.78, 5) is 2.19. The molecule has 0 spiro atoms. The normalized spacial score (nSPS) is 12.1. The SMILES string of the molecule is CCC(C)CN(C)Cc1cc(F)cc(C#CCO)c1.